The highest BCUT2D eigenvalue weighted by Gasteiger charge is 2.18. The lowest BCUT2D eigenvalue weighted by Crippen LogP contribution is -2.30. The zero-order valence-corrected chi connectivity index (χ0v) is 27.2. The molecule has 3 amide bonds. The van der Waals surface area contributed by atoms with Gasteiger partial charge in [-0.3, -0.25) is 14.4 Å². The first-order chi connectivity index (χ1) is 22.3. The van der Waals surface area contributed by atoms with Gasteiger partial charge < -0.3 is 20.7 Å². The number of ether oxygens (including phenoxy) is 1. The molecule has 0 aliphatic heterocycles. The third kappa shape index (κ3) is 8.85. The molecule has 0 aliphatic rings. The molecule has 5 aromatic rings. The Morgan fingerprint density at radius 2 is 1.65 bits per heavy atom. The third-order valence-corrected chi connectivity index (χ3v) is 8.73. The Hall–Kier alpha value is -4.90. The van der Waals surface area contributed by atoms with E-state index in [2.05, 4.69) is 20.9 Å². The molecule has 1 atom stereocenters. The molecule has 1 heterocycles. The molecular formula is C35H29ClN4O4S2. The van der Waals surface area contributed by atoms with Crippen molar-refractivity contribution >= 4 is 69.3 Å². The average Bonchev–Trinajstić information content (AvgIpc) is 3.55. The van der Waals surface area contributed by atoms with E-state index < -0.39 is 17.1 Å². The third-order valence-electron chi connectivity index (χ3n) is 6.60. The van der Waals surface area contributed by atoms with Crippen LogP contribution in [-0.4, -0.2) is 35.1 Å². The predicted molar refractivity (Wildman–Crippen MR) is 186 cm³/mol. The molecule has 11 heteroatoms. The summed E-state index contributed by atoms with van der Waals surface area (Å²) in [6.45, 7) is 1.81. The molecule has 0 bridgehead atoms. The highest BCUT2D eigenvalue weighted by atomic mass is 35.5. The van der Waals surface area contributed by atoms with Crippen LogP contribution in [0.5, 0.6) is 5.75 Å². The Bertz CT molecular complexity index is 1860. The van der Waals surface area contributed by atoms with E-state index in [1.165, 1.54) is 23.1 Å². The van der Waals surface area contributed by atoms with Gasteiger partial charge in [-0.2, -0.15) is 0 Å². The molecule has 8 nitrogen and oxygen atoms in total. The molecular weight excluding hydrogens is 640 g/mol. The standard InChI is InChI=1S/C35H29ClN4O4S2/c1-22(32(41)40-35-39-31(21-45-35)25-9-6-10-28(20-25)44-2)46-29-17-15-27(16-18-29)37-34(43)30(19-23-11-13-26(36)14-12-23)38-33(42)24-7-4-3-5-8-24/h3-22H,1-2H3,(H,37,43)(H,38,42)(H,39,40,41)/b30-19-. The normalized spacial score (nSPS) is 11.8. The molecule has 0 aliphatic carbocycles. The summed E-state index contributed by atoms with van der Waals surface area (Å²) in [6, 6.07) is 30.3. The number of rotatable bonds is 11. The van der Waals surface area contributed by atoms with Crippen molar-refractivity contribution in [2.45, 2.75) is 17.1 Å². The fourth-order valence-corrected chi connectivity index (χ4v) is 5.91. The Kier molecular flexibility index (Phi) is 10.9. The van der Waals surface area contributed by atoms with Crippen LogP contribution >= 0.6 is 34.7 Å². The van der Waals surface area contributed by atoms with Crippen molar-refractivity contribution in [1.82, 2.24) is 10.3 Å². The van der Waals surface area contributed by atoms with Crippen molar-refractivity contribution in [1.29, 1.82) is 0 Å². The Balaban J connectivity index is 1.20. The molecule has 0 radical (unpaired) electrons. The fourth-order valence-electron chi connectivity index (χ4n) is 4.19. The number of halogens is 1. The van der Waals surface area contributed by atoms with Gasteiger partial charge in [0.1, 0.15) is 11.4 Å². The summed E-state index contributed by atoms with van der Waals surface area (Å²) in [5, 5.41) is 11.0. The number of aromatic nitrogens is 1. The molecule has 0 saturated carbocycles. The van der Waals surface area contributed by atoms with Gasteiger partial charge in [0, 0.05) is 32.1 Å². The van der Waals surface area contributed by atoms with Crippen molar-refractivity contribution in [3.8, 4) is 17.0 Å². The second kappa shape index (κ2) is 15.4. The van der Waals surface area contributed by atoms with Crippen LogP contribution in [0.2, 0.25) is 5.02 Å². The number of hydrogen-bond donors (Lipinski definition) is 3. The zero-order chi connectivity index (χ0) is 32.5. The monoisotopic (exact) mass is 668 g/mol. The van der Waals surface area contributed by atoms with Crippen molar-refractivity contribution in [2.24, 2.45) is 0 Å². The number of carbonyl (C=O) groups is 3. The molecule has 5 rings (SSSR count). The van der Waals surface area contributed by atoms with Crippen molar-refractivity contribution < 1.29 is 19.1 Å². The highest BCUT2D eigenvalue weighted by molar-refractivity contribution is 8.00. The number of thioether (sulfide) groups is 1. The lowest BCUT2D eigenvalue weighted by atomic mass is 10.1. The van der Waals surface area contributed by atoms with E-state index in [9.17, 15) is 14.4 Å². The zero-order valence-electron chi connectivity index (χ0n) is 24.8. The Morgan fingerprint density at radius 1 is 0.913 bits per heavy atom. The minimum absolute atomic E-state index is 0.0664. The van der Waals surface area contributed by atoms with Crippen LogP contribution in [0.25, 0.3) is 17.3 Å². The first-order valence-electron chi connectivity index (χ1n) is 14.1. The number of anilines is 2. The second-order valence-corrected chi connectivity index (χ2v) is 12.6. The summed E-state index contributed by atoms with van der Waals surface area (Å²) < 4.78 is 5.29. The van der Waals surface area contributed by atoms with Crippen LogP contribution in [0.3, 0.4) is 0 Å². The number of nitrogens with one attached hydrogen (secondary N) is 3. The summed E-state index contributed by atoms with van der Waals surface area (Å²) in [7, 11) is 1.61. The number of thiazole rings is 1. The van der Waals surface area contributed by atoms with E-state index >= 15 is 0 Å². The molecule has 46 heavy (non-hydrogen) atoms. The maximum absolute atomic E-state index is 13.3. The van der Waals surface area contributed by atoms with Gasteiger partial charge in [0.25, 0.3) is 11.8 Å². The van der Waals surface area contributed by atoms with Gasteiger partial charge in [-0.05, 0) is 79.2 Å². The minimum atomic E-state index is -0.496. The van der Waals surface area contributed by atoms with Crippen LogP contribution < -0.4 is 20.7 Å². The number of carbonyl (C=O) groups excluding carboxylic acids is 3. The van der Waals surface area contributed by atoms with E-state index in [0.29, 0.717) is 27.0 Å². The lowest BCUT2D eigenvalue weighted by molar-refractivity contribution is -0.115. The number of nitrogens with zero attached hydrogens (tertiary/aromatic N) is 1. The highest BCUT2D eigenvalue weighted by Crippen LogP contribution is 2.29. The van der Waals surface area contributed by atoms with Gasteiger partial charge in [0.05, 0.1) is 18.1 Å². The van der Waals surface area contributed by atoms with E-state index in [1.807, 2.05) is 54.8 Å². The summed E-state index contributed by atoms with van der Waals surface area (Å²) in [6.07, 6.45) is 1.58. The van der Waals surface area contributed by atoms with E-state index in [4.69, 9.17) is 16.3 Å². The molecule has 0 saturated heterocycles. The van der Waals surface area contributed by atoms with Gasteiger partial charge in [0.2, 0.25) is 5.91 Å². The van der Waals surface area contributed by atoms with Crippen LogP contribution in [0.15, 0.2) is 119 Å². The molecule has 4 aromatic carbocycles. The van der Waals surface area contributed by atoms with Gasteiger partial charge >= 0.3 is 0 Å². The number of benzene rings is 4. The van der Waals surface area contributed by atoms with Gasteiger partial charge in [0.15, 0.2) is 5.13 Å². The summed E-state index contributed by atoms with van der Waals surface area (Å²) in [5.74, 6) is -0.357. The summed E-state index contributed by atoms with van der Waals surface area (Å²) in [4.78, 5) is 44.5. The largest absolute Gasteiger partial charge is 0.497 e. The molecule has 0 fully saturated rings. The van der Waals surface area contributed by atoms with Crippen LogP contribution in [0.4, 0.5) is 10.8 Å². The number of amides is 3. The van der Waals surface area contributed by atoms with Gasteiger partial charge in [-0.25, -0.2) is 4.98 Å². The van der Waals surface area contributed by atoms with Crippen molar-refractivity contribution in [3.05, 3.63) is 130 Å². The fraction of sp³-hybridized carbons (Fsp3) is 0.0857. The summed E-state index contributed by atoms with van der Waals surface area (Å²) in [5.41, 5.74) is 3.35. The Morgan fingerprint density at radius 3 is 2.37 bits per heavy atom. The quantitative estimate of drug-likeness (QED) is 0.0972. The molecule has 1 unspecified atom stereocenters. The molecule has 1 aromatic heterocycles. The molecule has 3 N–H and O–H groups in total. The number of methoxy groups -OCH3 is 1. The molecule has 232 valence electrons. The van der Waals surface area contributed by atoms with E-state index in [0.717, 1.165) is 21.9 Å². The van der Waals surface area contributed by atoms with Gasteiger partial charge in [-0.15, -0.1) is 23.1 Å². The predicted octanol–water partition coefficient (Wildman–Crippen LogP) is 8.00. The van der Waals surface area contributed by atoms with Gasteiger partial charge in [-0.1, -0.05) is 54.1 Å². The first kappa shape index (κ1) is 32.5. The second-order valence-electron chi connectivity index (χ2n) is 9.93. The van der Waals surface area contributed by atoms with E-state index in [-0.39, 0.29) is 11.6 Å². The topological polar surface area (TPSA) is 109 Å². The van der Waals surface area contributed by atoms with Crippen LogP contribution in [0.1, 0.15) is 22.8 Å². The lowest BCUT2D eigenvalue weighted by Gasteiger charge is -2.13. The first-order valence-corrected chi connectivity index (χ1v) is 16.2. The van der Waals surface area contributed by atoms with E-state index in [1.54, 1.807) is 73.8 Å². The SMILES string of the molecule is COc1cccc(-c2csc(NC(=O)C(C)Sc3ccc(NC(=O)/C(=C/c4ccc(Cl)cc4)NC(=O)c4ccccc4)cc3)n2)c1. The van der Waals surface area contributed by atoms with Crippen LogP contribution in [-0.2, 0) is 9.59 Å². The maximum Gasteiger partial charge on any atom is 0.272 e. The average molecular weight is 669 g/mol. The smallest absolute Gasteiger partial charge is 0.272 e. The maximum atomic E-state index is 13.3. The van der Waals surface area contributed by atoms with Crippen molar-refractivity contribution in [2.75, 3.05) is 17.7 Å². The van der Waals surface area contributed by atoms with Crippen LogP contribution in [0, 0.1) is 0 Å². The van der Waals surface area contributed by atoms with Crippen molar-refractivity contribution in [3.63, 3.8) is 0 Å². The Labute approximate surface area is 279 Å². The summed E-state index contributed by atoms with van der Waals surface area (Å²) >= 11 is 8.74. The minimum Gasteiger partial charge on any atom is -0.497 e. The molecule has 0 spiro atoms. The number of hydrogen-bond acceptors (Lipinski definition) is 7.